The molecule has 1 heterocycles. The van der Waals surface area contributed by atoms with Crippen LogP contribution in [0.25, 0.3) is 6.08 Å². The molecule has 2 aromatic rings. The maximum atomic E-state index is 13.2. The highest BCUT2D eigenvalue weighted by atomic mass is 79.9. The standard InChI is InChI=1S/C19H12BrCl3N2O4S/c1-2-29-12-7-8(13(20)15(23)16(12)26)6-9-17(27)24-19(30)25(18(9)28)11-5-3-4-10(21)14(11)22/h3-7,26H,2H2,1H3,(H,24,27,30)/b9-6+. The zero-order chi connectivity index (χ0) is 22.2. The van der Waals surface area contributed by atoms with E-state index in [1.165, 1.54) is 12.1 Å². The molecule has 3 rings (SSSR count). The van der Waals surface area contributed by atoms with Gasteiger partial charge >= 0.3 is 0 Å². The van der Waals surface area contributed by atoms with Crippen molar-refractivity contribution in [3.05, 3.63) is 54.9 Å². The number of phenols is 1. The molecule has 2 N–H and O–H groups in total. The summed E-state index contributed by atoms with van der Waals surface area (Å²) in [5.41, 5.74) is 0.331. The summed E-state index contributed by atoms with van der Waals surface area (Å²) in [5.74, 6) is -1.57. The number of hydrogen-bond donors (Lipinski definition) is 2. The quantitative estimate of drug-likeness (QED) is 0.305. The molecule has 0 aliphatic carbocycles. The van der Waals surface area contributed by atoms with Gasteiger partial charge < -0.3 is 9.84 Å². The zero-order valence-corrected chi connectivity index (χ0v) is 19.8. The number of carbonyl (C=O) groups is 2. The Hall–Kier alpha value is -1.84. The zero-order valence-electron chi connectivity index (χ0n) is 15.1. The number of anilines is 1. The first-order valence-electron chi connectivity index (χ1n) is 8.36. The van der Waals surface area contributed by atoms with Gasteiger partial charge in [0.15, 0.2) is 16.6 Å². The minimum Gasteiger partial charge on any atom is -0.503 e. The average molecular weight is 551 g/mol. The summed E-state index contributed by atoms with van der Waals surface area (Å²) < 4.78 is 5.64. The molecule has 156 valence electrons. The average Bonchev–Trinajstić information content (AvgIpc) is 2.69. The van der Waals surface area contributed by atoms with Crippen LogP contribution in [-0.2, 0) is 9.59 Å². The van der Waals surface area contributed by atoms with Crippen molar-refractivity contribution in [2.75, 3.05) is 11.5 Å². The lowest BCUT2D eigenvalue weighted by molar-refractivity contribution is -0.122. The Balaban J connectivity index is 2.13. The number of carbonyl (C=O) groups excluding carboxylic acids is 2. The van der Waals surface area contributed by atoms with E-state index in [9.17, 15) is 14.7 Å². The van der Waals surface area contributed by atoms with Gasteiger partial charge in [0.25, 0.3) is 11.8 Å². The molecule has 0 spiro atoms. The number of phenolic OH excluding ortho intramolecular Hbond substituents is 1. The lowest BCUT2D eigenvalue weighted by atomic mass is 10.1. The molecule has 1 saturated heterocycles. The summed E-state index contributed by atoms with van der Waals surface area (Å²) in [6.07, 6.45) is 1.31. The van der Waals surface area contributed by atoms with E-state index in [2.05, 4.69) is 21.2 Å². The van der Waals surface area contributed by atoms with Crippen LogP contribution in [0.2, 0.25) is 15.1 Å². The molecule has 11 heteroatoms. The Morgan fingerprint density at radius 2 is 1.97 bits per heavy atom. The first-order chi connectivity index (χ1) is 14.2. The van der Waals surface area contributed by atoms with Crippen molar-refractivity contribution >= 4 is 91.6 Å². The van der Waals surface area contributed by atoms with Crippen molar-refractivity contribution in [2.45, 2.75) is 6.92 Å². The van der Waals surface area contributed by atoms with Gasteiger partial charge in [-0.3, -0.25) is 19.8 Å². The maximum absolute atomic E-state index is 13.2. The van der Waals surface area contributed by atoms with E-state index in [1.54, 1.807) is 25.1 Å². The van der Waals surface area contributed by atoms with Gasteiger partial charge in [0.2, 0.25) is 0 Å². The van der Waals surface area contributed by atoms with E-state index in [4.69, 9.17) is 51.8 Å². The van der Waals surface area contributed by atoms with Crippen LogP contribution in [0.5, 0.6) is 11.5 Å². The summed E-state index contributed by atoms with van der Waals surface area (Å²) in [7, 11) is 0. The maximum Gasteiger partial charge on any atom is 0.270 e. The number of amides is 2. The monoisotopic (exact) mass is 548 g/mol. The number of halogens is 4. The van der Waals surface area contributed by atoms with Crippen LogP contribution < -0.4 is 15.0 Å². The SMILES string of the molecule is CCOc1cc(/C=C2\C(=O)NC(=S)N(c3cccc(Cl)c3Cl)C2=O)c(Br)c(Cl)c1O. The number of rotatable bonds is 4. The van der Waals surface area contributed by atoms with E-state index in [0.717, 1.165) is 4.90 Å². The Labute approximate surface area is 200 Å². The van der Waals surface area contributed by atoms with Crippen molar-refractivity contribution in [1.82, 2.24) is 5.32 Å². The van der Waals surface area contributed by atoms with Crippen molar-refractivity contribution in [1.29, 1.82) is 0 Å². The van der Waals surface area contributed by atoms with Crippen LogP contribution in [0.1, 0.15) is 12.5 Å². The summed E-state index contributed by atoms with van der Waals surface area (Å²) in [6.45, 7) is 2.01. The minimum atomic E-state index is -0.707. The number of aromatic hydroxyl groups is 1. The summed E-state index contributed by atoms with van der Waals surface area (Å²) >= 11 is 26.9. The number of hydrogen-bond acceptors (Lipinski definition) is 5. The van der Waals surface area contributed by atoms with Gasteiger partial charge in [0.1, 0.15) is 10.6 Å². The van der Waals surface area contributed by atoms with Crippen LogP contribution in [0.4, 0.5) is 5.69 Å². The number of ether oxygens (including phenoxy) is 1. The molecular weight excluding hydrogens is 539 g/mol. The van der Waals surface area contributed by atoms with E-state index < -0.39 is 11.8 Å². The van der Waals surface area contributed by atoms with Crippen molar-refractivity contribution in [3.63, 3.8) is 0 Å². The molecule has 1 fully saturated rings. The summed E-state index contributed by atoms with van der Waals surface area (Å²) in [6, 6.07) is 6.16. The molecular formula is C19H12BrCl3N2O4S. The molecule has 2 amide bonds. The Morgan fingerprint density at radius 1 is 1.27 bits per heavy atom. The molecule has 6 nitrogen and oxygen atoms in total. The second kappa shape index (κ2) is 9.11. The Morgan fingerprint density at radius 3 is 2.63 bits per heavy atom. The van der Waals surface area contributed by atoms with E-state index in [0.29, 0.717) is 5.56 Å². The molecule has 0 aromatic heterocycles. The topological polar surface area (TPSA) is 78.9 Å². The van der Waals surface area contributed by atoms with Gasteiger partial charge in [-0.25, -0.2) is 0 Å². The van der Waals surface area contributed by atoms with Gasteiger partial charge in [-0.1, -0.05) is 40.9 Å². The molecule has 0 unspecified atom stereocenters. The molecule has 0 atom stereocenters. The van der Waals surface area contributed by atoms with E-state index >= 15 is 0 Å². The lowest BCUT2D eigenvalue weighted by Crippen LogP contribution is -2.54. The number of nitrogens with one attached hydrogen (secondary N) is 1. The molecule has 0 bridgehead atoms. The van der Waals surface area contributed by atoms with Crippen LogP contribution in [0.15, 0.2) is 34.3 Å². The van der Waals surface area contributed by atoms with Crippen LogP contribution >= 0.6 is 63.0 Å². The number of nitrogens with zero attached hydrogens (tertiary/aromatic N) is 1. The molecule has 1 aliphatic rings. The highest BCUT2D eigenvalue weighted by Gasteiger charge is 2.36. The molecule has 0 saturated carbocycles. The third-order valence-corrected chi connectivity index (χ3v) is 6.59. The van der Waals surface area contributed by atoms with Crippen LogP contribution in [-0.4, -0.2) is 28.6 Å². The highest BCUT2D eigenvalue weighted by molar-refractivity contribution is 9.10. The number of benzene rings is 2. The summed E-state index contributed by atoms with van der Waals surface area (Å²) in [5, 5.41) is 12.8. The largest absolute Gasteiger partial charge is 0.503 e. The van der Waals surface area contributed by atoms with Crippen molar-refractivity contribution in [2.24, 2.45) is 0 Å². The van der Waals surface area contributed by atoms with Crippen LogP contribution in [0, 0.1) is 0 Å². The van der Waals surface area contributed by atoms with Gasteiger partial charge in [0, 0.05) is 4.47 Å². The summed E-state index contributed by atoms with van der Waals surface area (Å²) in [4.78, 5) is 26.8. The smallest absolute Gasteiger partial charge is 0.270 e. The predicted molar refractivity (Wildman–Crippen MR) is 125 cm³/mol. The molecule has 30 heavy (non-hydrogen) atoms. The molecule has 1 aliphatic heterocycles. The van der Waals surface area contributed by atoms with Gasteiger partial charge in [-0.2, -0.15) is 0 Å². The second-order valence-corrected chi connectivity index (χ2v) is 8.25. The third kappa shape index (κ3) is 4.15. The van der Waals surface area contributed by atoms with Gasteiger partial charge in [-0.05, 0) is 64.9 Å². The Bertz CT molecular complexity index is 1120. The molecule has 0 radical (unpaired) electrons. The lowest BCUT2D eigenvalue weighted by Gasteiger charge is -2.29. The van der Waals surface area contributed by atoms with Crippen molar-refractivity contribution in [3.8, 4) is 11.5 Å². The fourth-order valence-corrected chi connectivity index (χ4v) is 3.95. The van der Waals surface area contributed by atoms with Gasteiger partial charge in [0.05, 0.1) is 22.3 Å². The minimum absolute atomic E-state index is 0.0262. The molecule has 2 aromatic carbocycles. The fraction of sp³-hybridized carbons (Fsp3) is 0.105. The first kappa shape index (κ1) is 22.8. The normalized spacial score (nSPS) is 15.6. The highest BCUT2D eigenvalue weighted by Crippen LogP contribution is 2.43. The van der Waals surface area contributed by atoms with E-state index in [1.807, 2.05) is 0 Å². The third-order valence-electron chi connectivity index (χ3n) is 4.05. The second-order valence-electron chi connectivity index (χ2n) is 5.90. The Kier molecular flexibility index (Phi) is 6.94. The first-order valence-corrected chi connectivity index (χ1v) is 10.7. The van der Waals surface area contributed by atoms with Crippen LogP contribution in [0.3, 0.4) is 0 Å². The predicted octanol–water partition coefficient (Wildman–Crippen LogP) is 5.34. The van der Waals surface area contributed by atoms with Crippen molar-refractivity contribution < 1.29 is 19.4 Å². The van der Waals surface area contributed by atoms with E-state index in [-0.39, 0.29) is 54.0 Å². The number of thiocarbonyl (C=S) groups is 1. The fourth-order valence-electron chi connectivity index (χ4n) is 2.68. The van der Waals surface area contributed by atoms with Gasteiger partial charge in [-0.15, -0.1) is 0 Å².